The number of benzene rings is 2. The predicted octanol–water partition coefficient (Wildman–Crippen LogP) is 4.57. The first-order valence-electron chi connectivity index (χ1n) is 9.09. The van der Waals surface area contributed by atoms with Gasteiger partial charge in [0.1, 0.15) is 30.5 Å². The highest BCUT2D eigenvalue weighted by Gasteiger charge is 2.20. The zero-order valence-corrected chi connectivity index (χ0v) is 16.0. The Labute approximate surface area is 170 Å². The minimum absolute atomic E-state index is 0.252. The summed E-state index contributed by atoms with van der Waals surface area (Å²) in [5.41, 5.74) is 2.26. The van der Waals surface area contributed by atoms with E-state index < -0.39 is 5.82 Å². The summed E-state index contributed by atoms with van der Waals surface area (Å²) in [6, 6.07) is 10.4. The van der Waals surface area contributed by atoms with Gasteiger partial charge in [-0.3, -0.25) is 9.38 Å². The van der Waals surface area contributed by atoms with Crippen molar-refractivity contribution in [3.63, 3.8) is 0 Å². The van der Waals surface area contributed by atoms with Crippen molar-refractivity contribution < 1.29 is 13.9 Å². The van der Waals surface area contributed by atoms with Gasteiger partial charge in [0, 0.05) is 18.9 Å². The van der Waals surface area contributed by atoms with Gasteiger partial charge >= 0.3 is 0 Å². The summed E-state index contributed by atoms with van der Waals surface area (Å²) >= 11 is 6.30. The van der Waals surface area contributed by atoms with Gasteiger partial charge in [-0.2, -0.15) is 0 Å². The first kappa shape index (κ1) is 17.8. The van der Waals surface area contributed by atoms with Crippen LogP contribution in [0.4, 0.5) is 10.2 Å². The zero-order chi connectivity index (χ0) is 19.8. The topological polar surface area (TPSA) is 60.7 Å². The van der Waals surface area contributed by atoms with Crippen molar-refractivity contribution in [3.05, 3.63) is 71.4 Å². The molecule has 3 heterocycles. The monoisotopic (exact) mass is 410 g/mol. The number of ether oxygens (including phenoxy) is 2. The van der Waals surface area contributed by atoms with E-state index >= 15 is 0 Å². The number of nitrogens with one attached hydrogen (secondary N) is 1. The van der Waals surface area contributed by atoms with Gasteiger partial charge in [-0.25, -0.2) is 9.37 Å². The number of nitrogens with zero attached hydrogens (tertiary/aromatic N) is 3. The number of halogens is 2. The van der Waals surface area contributed by atoms with E-state index in [2.05, 4.69) is 15.3 Å². The van der Waals surface area contributed by atoms with Crippen molar-refractivity contribution in [3.8, 4) is 22.8 Å². The van der Waals surface area contributed by atoms with E-state index in [4.69, 9.17) is 21.1 Å². The van der Waals surface area contributed by atoms with Gasteiger partial charge in [0.25, 0.3) is 0 Å². The fourth-order valence-electron chi connectivity index (χ4n) is 3.36. The normalized spacial score (nSPS) is 12.9. The molecule has 0 saturated heterocycles. The molecule has 0 amide bonds. The fraction of sp³-hybridized carbons (Fsp3) is 0.143. The summed E-state index contributed by atoms with van der Waals surface area (Å²) in [6.07, 6.45) is 5.04. The van der Waals surface area contributed by atoms with Crippen LogP contribution in [0.25, 0.3) is 16.9 Å². The minimum Gasteiger partial charge on any atom is -0.486 e. The Balaban J connectivity index is 1.54. The van der Waals surface area contributed by atoms with Gasteiger partial charge in [-0.05, 0) is 29.8 Å². The van der Waals surface area contributed by atoms with Crippen molar-refractivity contribution in [2.75, 3.05) is 18.5 Å². The second-order valence-corrected chi connectivity index (χ2v) is 6.95. The van der Waals surface area contributed by atoms with Crippen LogP contribution in [0.1, 0.15) is 5.56 Å². The number of hydrogen-bond acceptors (Lipinski definition) is 5. The van der Waals surface area contributed by atoms with Gasteiger partial charge in [-0.1, -0.05) is 23.7 Å². The van der Waals surface area contributed by atoms with E-state index in [9.17, 15) is 4.39 Å². The molecule has 0 fully saturated rings. The van der Waals surface area contributed by atoms with Gasteiger partial charge in [0.05, 0.1) is 16.8 Å². The third-order valence-corrected chi connectivity index (χ3v) is 5.01. The number of hydrogen-bond donors (Lipinski definition) is 1. The highest BCUT2D eigenvalue weighted by atomic mass is 35.5. The lowest BCUT2D eigenvalue weighted by atomic mass is 10.1. The summed E-state index contributed by atoms with van der Waals surface area (Å²) < 4.78 is 27.6. The molecule has 1 aliphatic rings. The van der Waals surface area contributed by atoms with Gasteiger partial charge < -0.3 is 14.8 Å². The maximum Gasteiger partial charge on any atom is 0.161 e. The van der Waals surface area contributed by atoms with Crippen LogP contribution in [0.5, 0.6) is 11.5 Å². The minimum atomic E-state index is -0.434. The maximum absolute atomic E-state index is 14.6. The average Bonchev–Trinajstić information content (AvgIpc) is 3.10. The van der Waals surface area contributed by atoms with Crippen LogP contribution in [0.3, 0.4) is 0 Å². The molecule has 29 heavy (non-hydrogen) atoms. The summed E-state index contributed by atoms with van der Waals surface area (Å²) in [5, 5.41) is 3.66. The molecule has 2 aromatic heterocycles. The molecule has 6 nitrogen and oxygen atoms in total. The lowest BCUT2D eigenvalue weighted by Gasteiger charge is -2.19. The smallest absolute Gasteiger partial charge is 0.161 e. The van der Waals surface area contributed by atoms with E-state index in [1.807, 2.05) is 22.6 Å². The van der Waals surface area contributed by atoms with Crippen LogP contribution in [-0.4, -0.2) is 27.6 Å². The van der Waals surface area contributed by atoms with Crippen LogP contribution in [0.15, 0.2) is 55.0 Å². The Hall–Kier alpha value is -3.32. The largest absolute Gasteiger partial charge is 0.486 e. The maximum atomic E-state index is 14.6. The lowest BCUT2D eigenvalue weighted by molar-refractivity contribution is 0.171. The molecule has 146 valence electrons. The first-order chi connectivity index (χ1) is 14.2. The molecule has 4 aromatic rings. The molecule has 0 unspecified atom stereocenters. The number of anilines is 1. The van der Waals surface area contributed by atoms with Gasteiger partial charge in [0.15, 0.2) is 17.1 Å². The average molecular weight is 411 g/mol. The number of imidazole rings is 1. The summed E-state index contributed by atoms with van der Waals surface area (Å²) in [7, 11) is 0. The predicted molar refractivity (Wildman–Crippen MR) is 108 cm³/mol. The lowest BCUT2D eigenvalue weighted by Crippen LogP contribution is -2.15. The summed E-state index contributed by atoms with van der Waals surface area (Å²) in [5.74, 6) is 1.65. The van der Waals surface area contributed by atoms with E-state index in [1.54, 1.807) is 30.7 Å². The third kappa shape index (κ3) is 3.23. The summed E-state index contributed by atoms with van der Waals surface area (Å²) in [4.78, 5) is 8.66. The van der Waals surface area contributed by atoms with Crippen molar-refractivity contribution in [1.82, 2.24) is 14.4 Å². The summed E-state index contributed by atoms with van der Waals surface area (Å²) in [6.45, 7) is 1.55. The fourth-order valence-corrected chi connectivity index (χ4v) is 3.61. The third-order valence-electron chi connectivity index (χ3n) is 4.70. The van der Waals surface area contributed by atoms with Crippen molar-refractivity contribution in [1.29, 1.82) is 0 Å². The molecule has 2 aromatic carbocycles. The zero-order valence-electron chi connectivity index (χ0n) is 15.2. The van der Waals surface area contributed by atoms with Crippen molar-refractivity contribution in [2.45, 2.75) is 6.54 Å². The molecule has 1 N–H and O–H groups in total. The van der Waals surface area contributed by atoms with Crippen molar-refractivity contribution in [2.24, 2.45) is 0 Å². The van der Waals surface area contributed by atoms with Crippen LogP contribution in [-0.2, 0) is 6.54 Å². The SMILES string of the molecule is Fc1cccc(Cl)c1-c1nc2cnccn2c1NCc1ccc2c(c1)OCCO2. The molecule has 0 aliphatic carbocycles. The Morgan fingerprint density at radius 2 is 2.00 bits per heavy atom. The van der Waals surface area contributed by atoms with E-state index in [0.29, 0.717) is 41.9 Å². The van der Waals surface area contributed by atoms with Crippen molar-refractivity contribution >= 4 is 23.1 Å². The Morgan fingerprint density at radius 3 is 2.86 bits per heavy atom. The molecular weight excluding hydrogens is 395 g/mol. The first-order valence-corrected chi connectivity index (χ1v) is 9.47. The Bertz CT molecular complexity index is 1190. The van der Waals surface area contributed by atoms with Crippen LogP contribution in [0, 0.1) is 5.82 Å². The van der Waals surface area contributed by atoms with Crippen LogP contribution >= 0.6 is 11.6 Å². The van der Waals surface area contributed by atoms with E-state index in [-0.39, 0.29) is 5.56 Å². The van der Waals surface area contributed by atoms with Crippen LogP contribution < -0.4 is 14.8 Å². The molecule has 0 saturated carbocycles. The molecule has 5 rings (SSSR count). The molecule has 0 spiro atoms. The Kier molecular flexibility index (Phi) is 4.44. The highest BCUT2D eigenvalue weighted by Crippen LogP contribution is 2.36. The quantitative estimate of drug-likeness (QED) is 0.534. The molecular formula is C21H16ClFN4O2. The Morgan fingerprint density at radius 1 is 1.14 bits per heavy atom. The van der Waals surface area contributed by atoms with E-state index in [1.165, 1.54) is 6.07 Å². The van der Waals surface area contributed by atoms with Gasteiger partial charge in [0.2, 0.25) is 0 Å². The standard InChI is InChI=1S/C21H16ClFN4O2/c22-14-2-1-3-15(23)19(14)20-21(27-7-6-24-12-18(27)26-20)25-11-13-4-5-16-17(10-13)29-9-8-28-16/h1-7,10,12,25H,8-9,11H2. The molecule has 1 aliphatic heterocycles. The van der Waals surface area contributed by atoms with E-state index in [0.717, 1.165) is 17.1 Å². The van der Waals surface area contributed by atoms with Gasteiger partial charge in [-0.15, -0.1) is 0 Å². The number of aromatic nitrogens is 3. The second kappa shape index (κ2) is 7.25. The molecule has 8 heteroatoms. The molecule has 0 atom stereocenters. The molecule has 0 radical (unpaired) electrons. The highest BCUT2D eigenvalue weighted by molar-refractivity contribution is 6.33. The number of fused-ring (bicyclic) bond motifs is 2. The second-order valence-electron chi connectivity index (χ2n) is 6.54. The number of rotatable bonds is 4. The van der Waals surface area contributed by atoms with Crippen LogP contribution in [0.2, 0.25) is 5.02 Å². The molecule has 0 bridgehead atoms.